The Morgan fingerprint density at radius 3 is 2.17 bits per heavy atom. The summed E-state index contributed by atoms with van der Waals surface area (Å²) >= 11 is 7.41. The van der Waals surface area contributed by atoms with Crippen molar-refractivity contribution in [2.45, 2.75) is 49.3 Å². The molecule has 1 aliphatic heterocycles. The molecule has 156 valence electrons. The molecule has 5 nitrogen and oxygen atoms in total. The molecule has 0 spiro atoms. The van der Waals surface area contributed by atoms with Crippen molar-refractivity contribution in [1.29, 1.82) is 0 Å². The molecule has 1 aromatic rings. The van der Waals surface area contributed by atoms with Crippen LogP contribution in [-0.4, -0.2) is 38.4 Å². The lowest BCUT2D eigenvalue weighted by atomic mass is 9.81. The Bertz CT molecular complexity index is 825. The van der Waals surface area contributed by atoms with Crippen LogP contribution >= 0.6 is 31.9 Å². The molecule has 29 heavy (non-hydrogen) atoms. The van der Waals surface area contributed by atoms with E-state index in [0.29, 0.717) is 12.2 Å². The lowest BCUT2D eigenvalue weighted by molar-refractivity contribution is -0.154. The Kier molecular flexibility index (Phi) is 5.66. The highest BCUT2D eigenvalue weighted by Gasteiger charge is 2.67. The largest absolute Gasteiger partial charge is 0.425 e. The summed E-state index contributed by atoms with van der Waals surface area (Å²) in [5, 5.41) is 0. The molecule has 2 saturated carbocycles. The average Bonchev–Trinajstić information content (AvgIpc) is 3.27. The molecule has 7 atom stereocenters. The summed E-state index contributed by atoms with van der Waals surface area (Å²) in [4.78, 5) is 41.4. The first-order valence-corrected chi connectivity index (χ1v) is 12.0. The number of carbonyl (C=O) groups excluding carboxylic acids is 3. The van der Waals surface area contributed by atoms with Gasteiger partial charge in [0.25, 0.3) is 0 Å². The van der Waals surface area contributed by atoms with Crippen LogP contribution in [-0.2, 0) is 14.4 Å². The number of halogens is 2. The number of nitrogens with zero attached hydrogens (tertiary/aromatic N) is 1. The van der Waals surface area contributed by atoms with Gasteiger partial charge >= 0.3 is 5.97 Å². The fraction of sp³-hybridized carbons (Fsp3) is 0.591. The number of likely N-dealkylation sites (tertiary alicyclic amines) is 1. The van der Waals surface area contributed by atoms with Crippen LogP contribution in [0.2, 0.25) is 0 Å². The predicted octanol–water partition coefficient (Wildman–Crippen LogP) is 4.09. The van der Waals surface area contributed by atoms with Gasteiger partial charge in [0.1, 0.15) is 11.8 Å². The van der Waals surface area contributed by atoms with E-state index in [2.05, 4.69) is 31.9 Å². The maximum Gasteiger partial charge on any atom is 0.334 e. The molecule has 0 aromatic heterocycles. The van der Waals surface area contributed by atoms with Crippen molar-refractivity contribution >= 4 is 49.6 Å². The zero-order valence-corrected chi connectivity index (χ0v) is 19.9. The van der Waals surface area contributed by atoms with Crippen molar-refractivity contribution in [2.75, 3.05) is 0 Å². The minimum atomic E-state index is -0.887. The zero-order valence-electron chi connectivity index (χ0n) is 16.7. The second-order valence-corrected chi connectivity index (χ2v) is 11.0. The number of aryl methyl sites for hydroxylation is 1. The number of hydrogen-bond acceptors (Lipinski definition) is 4. The van der Waals surface area contributed by atoms with E-state index in [1.165, 1.54) is 4.90 Å². The predicted molar refractivity (Wildman–Crippen MR) is 116 cm³/mol. The van der Waals surface area contributed by atoms with Crippen LogP contribution in [0.3, 0.4) is 0 Å². The van der Waals surface area contributed by atoms with Gasteiger partial charge in [-0.2, -0.15) is 0 Å². The number of amides is 2. The summed E-state index contributed by atoms with van der Waals surface area (Å²) in [5.41, 5.74) is 0.836. The second-order valence-electron chi connectivity index (χ2n) is 8.88. The van der Waals surface area contributed by atoms with Gasteiger partial charge in [-0.15, -0.1) is 0 Å². The standard InChI is InChI=1S/C22H25Br2NO4/c1-10(2)8-14(22(28)29-15-7-5-4-6-11(15)3)25-20(26)16-12-9-13(17(16)21(25)27)19(24)18(12)23/h4-7,10,12-14,16-19H,8-9H2,1-3H3/t12-,13-,14+,16-,17+,18-,19+/m0/s1. The van der Waals surface area contributed by atoms with Gasteiger partial charge in [0.15, 0.2) is 0 Å². The van der Waals surface area contributed by atoms with Crippen molar-refractivity contribution in [2.24, 2.45) is 29.6 Å². The van der Waals surface area contributed by atoms with Crippen molar-refractivity contribution < 1.29 is 19.1 Å². The van der Waals surface area contributed by atoms with Gasteiger partial charge in [0.2, 0.25) is 11.8 Å². The van der Waals surface area contributed by atoms with Crippen LogP contribution in [0.1, 0.15) is 32.3 Å². The third-order valence-corrected chi connectivity index (χ3v) is 9.81. The van der Waals surface area contributed by atoms with E-state index >= 15 is 0 Å². The Balaban J connectivity index is 1.62. The van der Waals surface area contributed by atoms with Crippen molar-refractivity contribution in [1.82, 2.24) is 4.90 Å². The van der Waals surface area contributed by atoms with Crippen LogP contribution < -0.4 is 4.74 Å². The minimum absolute atomic E-state index is 0.128. The molecule has 4 rings (SSSR count). The SMILES string of the molecule is Cc1ccccc1OC(=O)[C@@H](CC(C)C)N1C(=O)[C@@H]2[C@@H]3C[C@H]([C@H](Br)[C@@H]3Br)[C@@H]2C1=O. The molecule has 0 unspecified atom stereocenters. The summed E-state index contributed by atoms with van der Waals surface area (Å²) in [6, 6.07) is 6.37. The number of carbonyl (C=O) groups is 3. The Labute approximate surface area is 187 Å². The molecule has 3 aliphatic rings. The van der Waals surface area contributed by atoms with E-state index in [0.717, 1.165) is 12.0 Å². The van der Waals surface area contributed by atoms with E-state index in [1.54, 1.807) is 12.1 Å². The molecule has 2 amide bonds. The van der Waals surface area contributed by atoms with Gasteiger partial charge in [0.05, 0.1) is 11.8 Å². The number of alkyl halides is 2. The quantitative estimate of drug-likeness (QED) is 0.251. The number of hydrogen-bond donors (Lipinski definition) is 0. The van der Waals surface area contributed by atoms with Gasteiger partial charge in [-0.25, -0.2) is 4.79 Å². The summed E-state index contributed by atoms with van der Waals surface area (Å²) in [7, 11) is 0. The molecule has 2 aliphatic carbocycles. The molecule has 2 bridgehead atoms. The summed E-state index contributed by atoms with van der Waals surface area (Å²) in [6.45, 7) is 5.82. The summed E-state index contributed by atoms with van der Waals surface area (Å²) in [5.74, 6) is -0.744. The average molecular weight is 527 g/mol. The fourth-order valence-corrected chi connectivity index (χ4v) is 7.15. The number of esters is 1. The number of rotatable bonds is 5. The van der Waals surface area contributed by atoms with Crippen molar-refractivity contribution in [3.63, 3.8) is 0 Å². The third-order valence-electron chi connectivity index (χ3n) is 6.60. The van der Waals surface area contributed by atoms with Gasteiger partial charge in [-0.1, -0.05) is 63.9 Å². The topological polar surface area (TPSA) is 63.7 Å². The van der Waals surface area contributed by atoms with Crippen LogP contribution in [0, 0.1) is 36.5 Å². The fourth-order valence-electron chi connectivity index (χ4n) is 5.28. The van der Waals surface area contributed by atoms with Crippen LogP contribution in [0.4, 0.5) is 0 Å². The van der Waals surface area contributed by atoms with E-state index in [9.17, 15) is 14.4 Å². The second kappa shape index (κ2) is 7.80. The Morgan fingerprint density at radius 1 is 1.10 bits per heavy atom. The highest BCUT2D eigenvalue weighted by Crippen LogP contribution is 2.60. The highest BCUT2D eigenvalue weighted by molar-refractivity contribution is 9.12. The molecule has 3 fully saturated rings. The molecule has 0 N–H and O–H groups in total. The van der Waals surface area contributed by atoms with Gasteiger partial charge in [0, 0.05) is 9.65 Å². The van der Waals surface area contributed by atoms with E-state index in [1.807, 2.05) is 32.9 Å². The number of fused-ring (bicyclic) bond motifs is 5. The van der Waals surface area contributed by atoms with Gasteiger partial charge in [-0.05, 0) is 49.1 Å². The highest BCUT2D eigenvalue weighted by atomic mass is 79.9. The first-order valence-electron chi connectivity index (χ1n) is 10.1. The first-order chi connectivity index (χ1) is 13.7. The zero-order chi connectivity index (χ0) is 21.0. The normalized spacial score (nSPS) is 34.1. The third kappa shape index (κ3) is 3.38. The maximum absolute atomic E-state index is 13.3. The number of imide groups is 1. The monoisotopic (exact) mass is 525 g/mol. The smallest absolute Gasteiger partial charge is 0.334 e. The lowest BCUT2D eigenvalue weighted by Crippen LogP contribution is -2.48. The van der Waals surface area contributed by atoms with E-state index < -0.39 is 12.0 Å². The molecular formula is C22H25Br2NO4. The summed E-state index contributed by atoms with van der Waals surface area (Å²) in [6.07, 6.45) is 1.27. The molecule has 1 saturated heterocycles. The lowest BCUT2D eigenvalue weighted by Gasteiger charge is -2.28. The van der Waals surface area contributed by atoms with Gasteiger partial charge < -0.3 is 4.74 Å². The molecule has 1 aromatic carbocycles. The van der Waals surface area contributed by atoms with E-state index in [4.69, 9.17) is 4.74 Å². The number of benzene rings is 1. The Morgan fingerprint density at radius 2 is 1.66 bits per heavy atom. The summed E-state index contributed by atoms with van der Waals surface area (Å²) < 4.78 is 5.65. The maximum atomic E-state index is 13.3. The minimum Gasteiger partial charge on any atom is -0.425 e. The van der Waals surface area contributed by atoms with Crippen LogP contribution in [0.15, 0.2) is 24.3 Å². The number of ether oxygens (including phenoxy) is 1. The number of para-hydroxylation sites is 1. The van der Waals surface area contributed by atoms with Gasteiger partial charge in [-0.3, -0.25) is 14.5 Å². The molecular weight excluding hydrogens is 502 g/mol. The van der Waals surface area contributed by atoms with Crippen LogP contribution in [0.5, 0.6) is 5.75 Å². The van der Waals surface area contributed by atoms with Crippen molar-refractivity contribution in [3.8, 4) is 5.75 Å². The van der Waals surface area contributed by atoms with Crippen molar-refractivity contribution in [3.05, 3.63) is 29.8 Å². The first kappa shape index (κ1) is 21.0. The van der Waals surface area contributed by atoms with E-state index in [-0.39, 0.29) is 51.1 Å². The molecule has 0 radical (unpaired) electrons. The van der Waals surface area contributed by atoms with Crippen LogP contribution in [0.25, 0.3) is 0 Å². The molecule has 1 heterocycles. The molecule has 7 heteroatoms. The Hall–Kier alpha value is -1.21.